The van der Waals surface area contributed by atoms with Gasteiger partial charge in [0.25, 0.3) is 0 Å². The number of nitrogens with zero attached hydrogens (tertiary/aromatic N) is 3. The molecule has 150 valence electrons. The normalized spacial score (nSPS) is 20.3. The van der Waals surface area contributed by atoms with E-state index in [0.29, 0.717) is 12.3 Å². The van der Waals surface area contributed by atoms with Gasteiger partial charge >= 0.3 is 0 Å². The molecule has 2 aliphatic rings. The van der Waals surface area contributed by atoms with Gasteiger partial charge in [0, 0.05) is 18.2 Å². The monoisotopic (exact) mass is 388 g/mol. The van der Waals surface area contributed by atoms with E-state index in [1.165, 1.54) is 5.56 Å². The first-order chi connectivity index (χ1) is 14.2. The minimum Gasteiger partial charge on any atom is -0.341 e. The summed E-state index contributed by atoms with van der Waals surface area (Å²) in [5.41, 5.74) is 4.55. The molecule has 3 aromatic rings. The van der Waals surface area contributed by atoms with Gasteiger partial charge in [-0.25, -0.2) is 4.98 Å². The highest BCUT2D eigenvalue weighted by atomic mass is 16.2. The van der Waals surface area contributed by atoms with Crippen LogP contribution in [0.5, 0.6) is 0 Å². The average Bonchev–Trinajstić information content (AvgIpc) is 3.28. The second-order valence-electron chi connectivity index (χ2n) is 8.57. The molecule has 5 heteroatoms. The third-order valence-electron chi connectivity index (χ3n) is 6.46. The molecule has 1 saturated heterocycles. The zero-order chi connectivity index (χ0) is 19.8. The van der Waals surface area contributed by atoms with E-state index in [1.54, 1.807) is 0 Å². The molecule has 1 N–H and O–H groups in total. The Bertz CT molecular complexity index is 985. The number of likely N-dealkylation sites (tertiary alicyclic amines) is 1. The van der Waals surface area contributed by atoms with Crippen molar-refractivity contribution in [2.45, 2.75) is 45.2 Å². The Balaban J connectivity index is 1.16. The number of hydrogen-bond donors (Lipinski definition) is 1. The highest BCUT2D eigenvalue weighted by Gasteiger charge is 2.32. The fraction of sp³-hybridized carbons (Fsp3) is 0.417. The number of imidazole rings is 1. The third kappa shape index (κ3) is 3.67. The molecule has 5 nitrogen and oxygen atoms in total. The molecule has 1 atom stereocenters. The second-order valence-corrected chi connectivity index (χ2v) is 8.57. The van der Waals surface area contributed by atoms with Crippen LogP contribution >= 0.6 is 0 Å². The van der Waals surface area contributed by atoms with E-state index < -0.39 is 0 Å². The zero-order valence-electron chi connectivity index (χ0n) is 17.0. The molecule has 29 heavy (non-hydrogen) atoms. The van der Waals surface area contributed by atoms with Crippen molar-refractivity contribution in [2.75, 3.05) is 18.0 Å². The number of benzene rings is 2. The maximum absolute atomic E-state index is 13.1. The summed E-state index contributed by atoms with van der Waals surface area (Å²) in [5.74, 6) is 1.80. The number of nitrogens with one attached hydrogen (secondary N) is 1. The molecule has 1 unspecified atom stereocenters. The molecular formula is C24H28N4O. The molecule has 1 aromatic heterocycles. The summed E-state index contributed by atoms with van der Waals surface area (Å²) in [5, 5.41) is 0. The number of aromatic nitrogens is 2. The molecule has 1 fully saturated rings. The summed E-state index contributed by atoms with van der Waals surface area (Å²) in [4.78, 5) is 25.7. The Morgan fingerprint density at radius 3 is 2.69 bits per heavy atom. The predicted molar refractivity (Wildman–Crippen MR) is 116 cm³/mol. The molecule has 0 saturated carbocycles. The number of amides is 1. The number of para-hydroxylation sites is 3. The number of anilines is 1. The SMILES string of the molecule is CC1Cc2ccccc2N1C(=O)CC1CCN(Cc2nc3ccccc3[nH]2)CC1. The van der Waals surface area contributed by atoms with E-state index in [2.05, 4.69) is 41.1 Å². The van der Waals surface area contributed by atoms with Gasteiger partial charge in [-0.05, 0) is 69.0 Å². The first-order valence-electron chi connectivity index (χ1n) is 10.7. The third-order valence-corrected chi connectivity index (χ3v) is 6.46. The Labute approximate surface area is 171 Å². The van der Waals surface area contributed by atoms with Crippen LogP contribution in [0.15, 0.2) is 48.5 Å². The Morgan fingerprint density at radius 1 is 1.10 bits per heavy atom. The second kappa shape index (κ2) is 7.64. The van der Waals surface area contributed by atoms with Crippen LogP contribution < -0.4 is 4.90 Å². The standard InChI is InChI=1S/C24H28N4O/c1-17-14-19-6-2-5-9-22(19)28(17)24(29)15-18-10-12-27(13-11-18)16-23-25-20-7-3-4-8-21(20)26-23/h2-9,17-18H,10-16H2,1H3,(H,25,26). The lowest BCUT2D eigenvalue weighted by Crippen LogP contribution is -2.39. The van der Waals surface area contributed by atoms with Crippen LogP contribution in [-0.2, 0) is 17.8 Å². The molecule has 0 aliphatic carbocycles. The van der Waals surface area contributed by atoms with Crippen LogP contribution in [0.25, 0.3) is 11.0 Å². The van der Waals surface area contributed by atoms with Crippen LogP contribution in [0.3, 0.4) is 0 Å². The lowest BCUT2D eigenvalue weighted by Gasteiger charge is -2.32. The van der Waals surface area contributed by atoms with Crippen LogP contribution in [0.2, 0.25) is 0 Å². The Morgan fingerprint density at radius 2 is 1.86 bits per heavy atom. The number of fused-ring (bicyclic) bond motifs is 2. The van der Waals surface area contributed by atoms with Crippen LogP contribution in [0.1, 0.15) is 37.6 Å². The molecule has 3 heterocycles. The van der Waals surface area contributed by atoms with Gasteiger partial charge in [-0.1, -0.05) is 30.3 Å². The minimum atomic E-state index is 0.271. The number of carbonyl (C=O) groups is 1. The maximum Gasteiger partial charge on any atom is 0.227 e. The zero-order valence-corrected chi connectivity index (χ0v) is 17.0. The summed E-state index contributed by atoms with van der Waals surface area (Å²) in [7, 11) is 0. The molecule has 2 aromatic carbocycles. The number of carbonyl (C=O) groups excluding carboxylic acids is 1. The molecule has 2 aliphatic heterocycles. The van der Waals surface area contributed by atoms with Gasteiger partial charge in [0.1, 0.15) is 5.82 Å². The predicted octanol–water partition coefficient (Wildman–Crippen LogP) is 4.14. The smallest absolute Gasteiger partial charge is 0.227 e. The van der Waals surface area contributed by atoms with Crippen LogP contribution in [-0.4, -0.2) is 39.9 Å². The van der Waals surface area contributed by atoms with Crippen LogP contribution in [0, 0.1) is 5.92 Å². The van der Waals surface area contributed by atoms with E-state index in [9.17, 15) is 4.79 Å². The number of aromatic amines is 1. The minimum absolute atomic E-state index is 0.271. The van der Waals surface area contributed by atoms with Gasteiger partial charge in [0.2, 0.25) is 5.91 Å². The van der Waals surface area contributed by atoms with Crippen molar-refractivity contribution in [1.82, 2.24) is 14.9 Å². The molecular weight excluding hydrogens is 360 g/mol. The molecule has 0 bridgehead atoms. The topological polar surface area (TPSA) is 52.2 Å². The van der Waals surface area contributed by atoms with E-state index in [-0.39, 0.29) is 11.9 Å². The van der Waals surface area contributed by atoms with Gasteiger partial charge in [0.15, 0.2) is 0 Å². The van der Waals surface area contributed by atoms with Crippen molar-refractivity contribution in [3.8, 4) is 0 Å². The number of rotatable bonds is 4. The van der Waals surface area contributed by atoms with Gasteiger partial charge in [0.05, 0.1) is 17.6 Å². The van der Waals surface area contributed by atoms with Crippen molar-refractivity contribution in [3.63, 3.8) is 0 Å². The summed E-state index contributed by atoms with van der Waals surface area (Å²) in [6.07, 6.45) is 3.79. The maximum atomic E-state index is 13.1. The number of hydrogen-bond acceptors (Lipinski definition) is 3. The van der Waals surface area contributed by atoms with Crippen molar-refractivity contribution >= 4 is 22.6 Å². The highest BCUT2D eigenvalue weighted by Crippen LogP contribution is 2.33. The molecule has 0 radical (unpaired) electrons. The first kappa shape index (κ1) is 18.4. The van der Waals surface area contributed by atoms with Crippen molar-refractivity contribution in [2.24, 2.45) is 5.92 Å². The summed E-state index contributed by atoms with van der Waals surface area (Å²) < 4.78 is 0. The largest absolute Gasteiger partial charge is 0.341 e. The highest BCUT2D eigenvalue weighted by molar-refractivity contribution is 5.96. The van der Waals surface area contributed by atoms with Crippen molar-refractivity contribution in [3.05, 3.63) is 59.9 Å². The van der Waals surface area contributed by atoms with Crippen LogP contribution in [0.4, 0.5) is 5.69 Å². The summed E-state index contributed by atoms with van der Waals surface area (Å²) in [6, 6.07) is 16.8. The van der Waals surface area contributed by atoms with E-state index in [0.717, 1.165) is 61.4 Å². The van der Waals surface area contributed by atoms with Crippen molar-refractivity contribution in [1.29, 1.82) is 0 Å². The number of H-pyrrole nitrogens is 1. The quantitative estimate of drug-likeness (QED) is 0.731. The first-order valence-corrected chi connectivity index (χ1v) is 10.7. The molecule has 0 spiro atoms. The lowest BCUT2D eigenvalue weighted by molar-refractivity contribution is -0.120. The van der Waals surface area contributed by atoms with E-state index in [4.69, 9.17) is 4.98 Å². The van der Waals surface area contributed by atoms with Gasteiger partial charge in [-0.15, -0.1) is 0 Å². The summed E-state index contributed by atoms with van der Waals surface area (Å²) >= 11 is 0. The average molecular weight is 389 g/mol. The molecule has 5 rings (SSSR count). The Kier molecular flexibility index (Phi) is 4.84. The van der Waals surface area contributed by atoms with Gasteiger partial charge in [-0.2, -0.15) is 0 Å². The fourth-order valence-electron chi connectivity index (χ4n) is 4.93. The number of piperidine rings is 1. The van der Waals surface area contributed by atoms with E-state index in [1.807, 2.05) is 29.2 Å². The fourth-order valence-corrected chi connectivity index (χ4v) is 4.93. The molecule has 1 amide bonds. The summed E-state index contributed by atoms with van der Waals surface area (Å²) in [6.45, 7) is 5.07. The van der Waals surface area contributed by atoms with Crippen molar-refractivity contribution < 1.29 is 4.79 Å². The van der Waals surface area contributed by atoms with Gasteiger partial charge < -0.3 is 9.88 Å². The lowest BCUT2D eigenvalue weighted by atomic mass is 9.92. The van der Waals surface area contributed by atoms with E-state index >= 15 is 0 Å². The van der Waals surface area contributed by atoms with Gasteiger partial charge in [-0.3, -0.25) is 9.69 Å². The Hall–Kier alpha value is -2.66.